The number of hydrogen-bond acceptors (Lipinski definition) is 6. The zero-order valence-electron chi connectivity index (χ0n) is 20.5. The van der Waals surface area contributed by atoms with Gasteiger partial charge in [-0.3, -0.25) is 4.79 Å². The molecule has 5 aromatic rings. The summed E-state index contributed by atoms with van der Waals surface area (Å²) in [6.07, 6.45) is 2.60. The number of carbonyl (C=O) groups excluding carboxylic acids is 1. The molecule has 3 aromatic carbocycles. The van der Waals surface area contributed by atoms with Gasteiger partial charge in [-0.1, -0.05) is 12.1 Å². The van der Waals surface area contributed by atoms with Gasteiger partial charge in [-0.2, -0.15) is 0 Å². The highest BCUT2D eigenvalue weighted by Crippen LogP contribution is 2.30. The van der Waals surface area contributed by atoms with Crippen molar-refractivity contribution < 1.29 is 23.4 Å². The van der Waals surface area contributed by atoms with Crippen molar-refractivity contribution in [3.05, 3.63) is 88.9 Å². The minimum absolute atomic E-state index is 0.157. The fraction of sp³-hybridized carbons (Fsp3) is 0.172. The minimum atomic E-state index is -0.469. The van der Waals surface area contributed by atoms with Crippen molar-refractivity contribution in [2.45, 2.75) is 6.42 Å². The van der Waals surface area contributed by atoms with Gasteiger partial charge in [-0.15, -0.1) is 0 Å². The number of H-pyrrole nitrogens is 1. The molecule has 0 unspecified atom stereocenters. The number of benzene rings is 3. The molecule has 0 bridgehead atoms. The van der Waals surface area contributed by atoms with Crippen LogP contribution in [0.25, 0.3) is 33.0 Å². The maximum absolute atomic E-state index is 12.4. The summed E-state index contributed by atoms with van der Waals surface area (Å²) in [7, 11) is 3.24. The molecule has 5 rings (SSSR count). The second kappa shape index (κ2) is 10.5. The summed E-state index contributed by atoms with van der Waals surface area (Å²) in [6, 6.07) is 19.9. The van der Waals surface area contributed by atoms with Gasteiger partial charge in [0.1, 0.15) is 22.8 Å². The molecule has 188 valence electrons. The largest absolute Gasteiger partial charge is 0.497 e. The monoisotopic (exact) mass is 498 g/mol. The van der Waals surface area contributed by atoms with E-state index in [9.17, 15) is 9.59 Å². The Kier molecular flexibility index (Phi) is 6.81. The van der Waals surface area contributed by atoms with Gasteiger partial charge in [0.2, 0.25) is 0 Å². The third-order valence-electron chi connectivity index (χ3n) is 6.18. The van der Waals surface area contributed by atoms with Crippen LogP contribution in [0.15, 0.2) is 82.1 Å². The van der Waals surface area contributed by atoms with Gasteiger partial charge < -0.3 is 28.9 Å². The van der Waals surface area contributed by atoms with E-state index in [2.05, 4.69) is 10.3 Å². The maximum Gasteiger partial charge on any atom is 0.336 e. The fourth-order valence-corrected chi connectivity index (χ4v) is 4.27. The van der Waals surface area contributed by atoms with Crippen LogP contribution in [0.2, 0.25) is 0 Å². The molecule has 0 aliphatic carbocycles. The highest BCUT2D eigenvalue weighted by atomic mass is 16.5. The van der Waals surface area contributed by atoms with Gasteiger partial charge >= 0.3 is 5.63 Å². The molecule has 0 saturated carbocycles. The number of amides is 1. The van der Waals surface area contributed by atoms with E-state index in [1.54, 1.807) is 26.4 Å². The van der Waals surface area contributed by atoms with E-state index in [1.165, 1.54) is 6.07 Å². The number of carbonyl (C=O) groups is 1. The molecular weight excluding hydrogens is 472 g/mol. The van der Waals surface area contributed by atoms with Crippen LogP contribution in [0.1, 0.15) is 5.56 Å². The van der Waals surface area contributed by atoms with Crippen LogP contribution >= 0.6 is 0 Å². The third-order valence-corrected chi connectivity index (χ3v) is 6.18. The van der Waals surface area contributed by atoms with Crippen molar-refractivity contribution in [3.63, 3.8) is 0 Å². The summed E-state index contributed by atoms with van der Waals surface area (Å²) in [5.41, 5.74) is 3.62. The molecule has 8 heteroatoms. The zero-order valence-corrected chi connectivity index (χ0v) is 20.5. The molecule has 1 amide bonds. The van der Waals surface area contributed by atoms with E-state index in [0.29, 0.717) is 24.3 Å². The molecule has 0 saturated heterocycles. The molecule has 2 heterocycles. The first-order chi connectivity index (χ1) is 18.0. The van der Waals surface area contributed by atoms with Crippen molar-refractivity contribution in [2.75, 3.05) is 27.4 Å². The van der Waals surface area contributed by atoms with Crippen LogP contribution in [0, 0.1) is 0 Å². The number of rotatable bonds is 9. The average molecular weight is 499 g/mol. The Hall–Kier alpha value is -4.72. The Balaban J connectivity index is 1.22. The summed E-state index contributed by atoms with van der Waals surface area (Å²) < 4.78 is 21.6. The number of ether oxygens (including phenoxy) is 3. The van der Waals surface area contributed by atoms with Crippen LogP contribution in [-0.4, -0.2) is 38.3 Å². The molecule has 0 atom stereocenters. The summed E-state index contributed by atoms with van der Waals surface area (Å²) in [6.45, 7) is 0.305. The number of fused-ring (bicyclic) bond motifs is 2. The summed E-state index contributed by atoms with van der Waals surface area (Å²) in [4.78, 5) is 27.8. The SMILES string of the molecule is COc1ccc(-c2cc(=O)oc3cc(OCC(=O)NCCc4c[nH]c5ccc(OC)cc45)ccc23)cc1. The number of nitrogens with one attached hydrogen (secondary N) is 2. The van der Waals surface area contributed by atoms with E-state index < -0.39 is 5.63 Å². The van der Waals surface area contributed by atoms with Gasteiger partial charge in [0, 0.05) is 41.2 Å². The molecule has 0 fully saturated rings. The van der Waals surface area contributed by atoms with Gasteiger partial charge in [0.15, 0.2) is 6.61 Å². The average Bonchev–Trinajstić information content (AvgIpc) is 3.33. The number of methoxy groups -OCH3 is 2. The van der Waals surface area contributed by atoms with Gasteiger partial charge in [-0.25, -0.2) is 4.79 Å². The van der Waals surface area contributed by atoms with Crippen molar-refractivity contribution in [1.82, 2.24) is 10.3 Å². The van der Waals surface area contributed by atoms with E-state index in [1.807, 2.05) is 54.7 Å². The van der Waals surface area contributed by atoms with Gasteiger partial charge in [-0.05, 0) is 65.6 Å². The Morgan fingerprint density at radius 1 is 0.892 bits per heavy atom. The third kappa shape index (κ3) is 5.28. The van der Waals surface area contributed by atoms with Crippen molar-refractivity contribution in [1.29, 1.82) is 0 Å². The van der Waals surface area contributed by atoms with Crippen molar-refractivity contribution in [3.8, 4) is 28.4 Å². The van der Waals surface area contributed by atoms with Crippen molar-refractivity contribution >= 4 is 27.8 Å². The Morgan fingerprint density at radius 3 is 2.43 bits per heavy atom. The van der Waals surface area contributed by atoms with Crippen molar-refractivity contribution in [2.24, 2.45) is 0 Å². The normalized spacial score (nSPS) is 11.0. The Bertz CT molecular complexity index is 1620. The molecular formula is C29H26N2O6. The van der Waals surface area contributed by atoms with Gasteiger partial charge in [0.05, 0.1) is 14.2 Å². The lowest BCUT2D eigenvalue weighted by Gasteiger charge is -2.10. The molecule has 0 aliphatic rings. The Morgan fingerprint density at radius 2 is 1.65 bits per heavy atom. The predicted molar refractivity (Wildman–Crippen MR) is 142 cm³/mol. The quantitative estimate of drug-likeness (QED) is 0.286. The van der Waals surface area contributed by atoms with Crippen LogP contribution in [0.4, 0.5) is 0 Å². The smallest absolute Gasteiger partial charge is 0.336 e. The highest BCUT2D eigenvalue weighted by Gasteiger charge is 2.11. The molecule has 0 radical (unpaired) electrons. The fourth-order valence-electron chi connectivity index (χ4n) is 4.27. The zero-order chi connectivity index (χ0) is 25.8. The lowest BCUT2D eigenvalue weighted by atomic mass is 10.0. The first-order valence-corrected chi connectivity index (χ1v) is 11.8. The lowest BCUT2D eigenvalue weighted by Crippen LogP contribution is -2.30. The first-order valence-electron chi connectivity index (χ1n) is 11.8. The van der Waals surface area contributed by atoms with Crippen LogP contribution < -0.4 is 25.2 Å². The topological polar surface area (TPSA) is 103 Å². The molecule has 0 aliphatic heterocycles. The molecule has 0 spiro atoms. The molecule has 2 N–H and O–H groups in total. The van der Waals surface area contributed by atoms with E-state index in [0.717, 1.165) is 44.5 Å². The summed E-state index contributed by atoms with van der Waals surface area (Å²) in [5.74, 6) is 1.70. The number of hydrogen-bond donors (Lipinski definition) is 2. The van der Waals surface area contributed by atoms with E-state index in [4.69, 9.17) is 18.6 Å². The molecule has 37 heavy (non-hydrogen) atoms. The first kappa shape index (κ1) is 24.0. The minimum Gasteiger partial charge on any atom is -0.497 e. The van der Waals surface area contributed by atoms with Crippen LogP contribution in [0.5, 0.6) is 17.2 Å². The molecule has 2 aromatic heterocycles. The van der Waals surface area contributed by atoms with Crippen LogP contribution in [-0.2, 0) is 11.2 Å². The second-order valence-electron chi connectivity index (χ2n) is 8.48. The lowest BCUT2D eigenvalue weighted by molar-refractivity contribution is -0.123. The van der Waals surface area contributed by atoms with E-state index >= 15 is 0 Å². The summed E-state index contributed by atoms with van der Waals surface area (Å²) in [5, 5.41) is 4.71. The van der Waals surface area contributed by atoms with Gasteiger partial charge in [0.25, 0.3) is 5.91 Å². The number of aromatic nitrogens is 1. The van der Waals surface area contributed by atoms with E-state index in [-0.39, 0.29) is 12.5 Å². The standard InChI is InChI=1S/C29H26N2O6/c1-34-20-5-3-18(4-6-20)24-15-29(33)37-27-14-22(7-9-23(24)27)36-17-28(32)30-12-11-19-16-31-26-10-8-21(35-2)13-25(19)26/h3-10,13-16,31H,11-12,17H2,1-2H3,(H,30,32). The maximum atomic E-state index is 12.4. The number of aromatic amines is 1. The second-order valence-corrected chi connectivity index (χ2v) is 8.48. The Labute approximate surface area is 212 Å². The summed E-state index contributed by atoms with van der Waals surface area (Å²) >= 11 is 0. The molecule has 8 nitrogen and oxygen atoms in total. The van der Waals surface area contributed by atoms with Crippen LogP contribution in [0.3, 0.4) is 0 Å². The predicted octanol–water partition coefficient (Wildman–Crippen LogP) is 4.70. The highest BCUT2D eigenvalue weighted by molar-refractivity contribution is 5.94.